The first-order valence-electron chi connectivity index (χ1n) is 12.0. The number of ether oxygens (including phenoxy) is 2. The van der Waals surface area contributed by atoms with E-state index in [1.807, 2.05) is 54.6 Å². The molecule has 192 valence electrons. The summed E-state index contributed by atoms with van der Waals surface area (Å²) >= 11 is 0. The highest BCUT2D eigenvalue weighted by Crippen LogP contribution is 2.27. The van der Waals surface area contributed by atoms with E-state index in [-0.39, 0.29) is 30.9 Å². The van der Waals surface area contributed by atoms with Crippen LogP contribution in [0.25, 0.3) is 0 Å². The maximum absolute atomic E-state index is 13.5. The smallest absolute Gasteiger partial charge is 0.334 e. The second-order valence-corrected chi connectivity index (χ2v) is 8.93. The number of nitrogens with zero attached hydrogens (tertiary/aromatic N) is 4. The van der Waals surface area contributed by atoms with Gasteiger partial charge in [-0.15, -0.1) is 0 Å². The number of hydrogen-bond donors (Lipinski definition) is 1. The van der Waals surface area contributed by atoms with Crippen molar-refractivity contribution in [3.05, 3.63) is 65.7 Å². The molecule has 2 saturated heterocycles. The van der Waals surface area contributed by atoms with E-state index in [1.165, 1.54) is 0 Å². The Kier molecular flexibility index (Phi) is 8.07. The first-order valence-corrected chi connectivity index (χ1v) is 12.0. The summed E-state index contributed by atoms with van der Waals surface area (Å²) in [6, 6.07) is 16.0. The minimum absolute atomic E-state index is 0.00307. The van der Waals surface area contributed by atoms with E-state index in [0.717, 1.165) is 16.9 Å². The Hall–Kier alpha value is -3.63. The van der Waals surface area contributed by atoms with Gasteiger partial charge in [-0.1, -0.05) is 42.5 Å². The standard InChI is InChI=1S/C26H33N5O5/c1-28-18-24(32)30-22(15-19-7-5-4-6-8-19)25(33)29(13-14-35-2)17-23(30)31(28)26(34)27-16-20-9-11-21(36-3)12-10-20/h4-12,22-23H,13-18H2,1-3H3,(H,27,34)/t22-,23-/m0/s1. The summed E-state index contributed by atoms with van der Waals surface area (Å²) in [5.74, 6) is 0.425. The number of urea groups is 1. The fourth-order valence-corrected chi connectivity index (χ4v) is 4.75. The van der Waals surface area contributed by atoms with E-state index in [0.29, 0.717) is 26.1 Å². The maximum atomic E-state index is 13.5. The molecule has 0 spiro atoms. The number of hydrazine groups is 1. The molecule has 2 aliphatic rings. The van der Waals surface area contributed by atoms with Crippen LogP contribution in [-0.2, 0) is 27.3 Å². The van der Waals surface area contributed by atoms with Gasteiger partial charge in [0.25, 0.3) is 0 Å². The summed E-state index contributed by atoms with van der Waals surface area (Å²) in [7, 11) is 4.90. The number of likely N-dealkylation sites (N-methyl/N-ethyl adjacent to an activating group) is 1. The highest BCUT2D eigenvalue weighted by Gasteiger charge is 2.50. The Labute approximate surface area is 211 Å². The molecule has 10 nitrogen and oxygen atoms in total. The summed E-state index contributed by atoms with van der Waals surface area (Å²) < 4.78 is 10.4. The lowest BCUT2D eigenvalue weighted by molar-refractivity contribution is -0.187. The molecule has 2 heterocycles. The Morgan fingerprint density at radius 1 is 1.03 bits per heavy atom. The Morgan fingerprint density at radius 3 is 2.42 bits per heavy atom. The van der Waals surface area contributed by atoms with E-state index in [2.05, 4.69) is 5.32 Å². The molecular weight excluding hydrogens is 462 g/mol. The minimum atomic E-state index is -0.707. The number of amides is 4. The number of methoxy groups -OCH3 is 2. The number of carbonyl (C=O) groups is 3. The summed E-state index contributed by atoms with van der Waals surface area (Å²) in [5.41, 5.74) is 1.87. The van der Waals surface area contributed by atoms with Gasteiger partial charge in [-0.2, -0.15) is 0 Å². The molecule has 4 rings (SSSR count). The van der Waals surface area contributed by atoms with Crippen LogP contribution in [0.15, 0.2) is 54.6 Å². The van der Waals surface area contributed by atoms with Crippen molar-refractivity contribution in [2.75, 3.05) is 47.5 Å². The molecule has 2 aromatic rings. The number of nitrogens with one attached hydrogen (secondary N) is 1. The lowest BCUT2D eigenvalue weighted by atomic mass is 9.99. The van der Waals surface area contributed by atoms with Crippen LogP contribution < -0.4 is 10.1 Å². The molecule has 4 amide bonds. The zero-order chi connectivity index (χ0) is 25.7. The van der Waals surface area contributed by atoms with Gasteiger partial charge >= 0.3 is 6.03 Å². The molecule has 2 aromatic carbocycles. The van der Waals surface area contributed by atoms with Crippen LogP contribution in [0.3, 0.4) is 0 Å². The topological polar surface area (TPSA) is 94.7 Å². The average molecular weight is 496 g/mol. The molecule has 0 radical (unpaired) electrons. The number of fused-ring (bicyclic) bond motifs is 1. The third-order valence-corrected chi connectivity index (χ3v) is 6.59. The third kappa shape index (κ3) is 5.44. The first kappa shape index (κ1) is 25.5. The molecule has 2 aliphatic heterocycles. The average Bonchev–Trinajstić information content (AvgIpc) is 2.88. The summed E-state index contributed by atoms with van der Waals surface area (Å²) in [6.07, 6.45) is -0.258. The van der Waals surface area contributed by atoms with Gasteiger partial charge in [0, 0.05) is 33.7 Å². The van der Waals surface area contributed by atoms with E-state index in [4.69, 9.17) is 9.47 Å². The first-order chi connectivity index (χ1) is 17.4. The SMILES string of the molecule is COCCN1C[C@H]2N(C(=O)CN(C)N2C(=O)NCc2ccc(OC)cc2)[C@@H](Cc2ccccc2)C1=O. The Bertz CT molecular complexity index is 1060. The normalized spacial score (nSPS) is 20.4. The van der Waals surface area contributed by atoms with E-state index in [1.54, 1.807) is 41.1 Å². The number of piperazine rings is 1. The van der Waals surface area contributed by atoms with Crippen molar-refractivity contribution in [1.82, 2.24) is 25.1 Å². The monoisotopic (exact) mass is 495 g/mol. The molecule has 0 aromatic heterocycles. The largest absolute Gasteiger partial charge is 0.497 e. The molecule has 10 heteroatoms. The van der Waals surface area contributed by atoms with Gasteiger partial charge in [-0.3, -0.25) is 9.59 Å². The van der Waals surface area contributed by atoms with Gasteiger partial charge in [0.2, 0.25) is 11.8 Å². The van der Waals surface area contributed by atoms with Crippen LogP contribution in [-0.4, -0.2) is 97.4 Å². The Balaban J connectivity index is 1.57. The van der Waals surface area contributed by atoms with Gasteiger partial charge in [0.15, 0.2) is 0 Å². The van der Waals surface area contributed by atoms with E-state index >= 15 is 0 Å². The van der Waals surface area contributed by atoms with E-state index < -0.39 is 12.2 Å². The zero-order valence-electron chi connectivity index (χ0n) is 20.9. The molecule has 2 fully saturated rings. The van der Waals surface area contributed by atoms with Gasteiger partial charge in [0.05, 0.1) is 26.8 Å². The van der Waals surface area contributed by atoms with Gasteiger partial charge in [-0.05, 0) is 23.3 Å². The molecule has 0 bridgehead atoms. The molecule has 1 N–H and O–H groups in total. The highest BCUT2D eigenvalue weighted by atomic mass is 16.5. The fraction of sp³-hybridized carbons (Fsp3) is 0.423. The fourth-order valence-electron chi connectivity index (χ4n) is 4.75. The summed E-state index contributed by atoms with van der Waals surface area (Å²) in [6.45, 7) is 1.27. The molecule has 0 unspecified atom stereocenters. The van der Waals surface area contributed by atoms with Crippen molar-refractivity contribution in [1.29, 1.82) is 0 Å². The second-order valence-electron chi connectivity index (χ2n) is 8.93. The van der Waals surface area contributed by atoms with Gasteiger partial charge < -0.3 is 24.6 Å². The second kappa shape index (κ2) is 11.4. The molecule has 0 aliphatic carbocycles. The van der Waals surface area contributed by atoms with Crippen molar-refractivity contribution in [3.8, 4) is 5.75 Å². The summed E-state index contributed by atoms with van der Waals surface area (Å²) in [4.78, 5) is 43.4. The van der Waals surface area contributed by atoms with Crippen molar-refractivity contribution < 1.29 is 23.9 Å². The quantitative estimate of drug-likeness (QED) is 0.594. The predicted molar refractivity (Wildman–Crippen MR) is 133 cm³/mol. The molecule has 36 heavy (non-hydrogen) atoms. The van der Waals surface area contributed by atoms with Gasteiger partial charge in [-0.25, -0.2) is 14.8 Å². The number of carbonyl (C=O) groups excluding carboxylic acids is 3. The van der Waals surface area contributed by atoms with Crippen LogP contribution in [0.1, 0.15) is 11.1 Å². The third-order valence-electron chi connectivity index (χ3n) is 6.59. The van der Waals surface area contributed by atoms with Crippen molar-refractivity contribution in [2.45, 2.75) is 25.2 Å². The lowest BCUT2D eigenvalue weighted by Gasteiger charge is -2.54. The predicted octanol–water partition coefficient (Wildman–Crippen LogP) is 1.32. The maximum Gasteiger partial charge on any atom is 0.334 e. The molecular formula is C26H33N5O5. The lowest BCUT2D eigenvalue weighted by Crippen LogP contribution is -2.76. The van der Waals surface area contributed by atoms with E-state index in [9.17, 15) is 14.4 Å². The number of hydrogen-bond acceptors (Lipinski definition) is 6. The zero-order valence-corrected chi connectivity index (χ0v) is 20.9. The minimum Gasteiger partial charge on any atom is -0.497 e. The van der Waals surface area contributed by atoms with Crippen LogP contribution in [0, 0.1) is 0 Å². The molecule has 0 saturated carbocycles. The summed E-state index contributed by atoms with van der Waals surface area (Å²) in [5, 5.41) is 6.13. The number of rotatable bonds is 8. The Morgan fingerprint density at radius 2 is 1.75 bits per heavy atom. The highest BCUT2D eigenvalue weighted by molar-refractivity contribution is 5.91. The van der Waals surface area contributed by atoms with Crippen molar-refractivity contribution in [3.63, 3.8) is 0 Å². The van der Waals surface area contributed by atoms with Crippen molar-refractivity contribution in [2.24, 2.45) is 0 Å². The van der Waals surface area contributed by atoms with Crippen LogP contribution >= 0.6 is 0 Å². The van der Waals surface area contributed by atoms with Crippen LogP contribution in [0.5, 0.6) is 5.75 Å². The number of benzene rings is 2. The van der Waals surface area contributed by atoms with Gasteiger partial charge in [0.1, 0.15) is 18.0 Å². The van der Waals surface area contributed by atoms with Crippen LogP contribution in [0.2, 0.25) is 0 Å². The van der Waals surface area contributed by atoms with Crippen LogP contribution in [0.4, 0.5) is 4.79 Å². The molecule has 2 atom stereocenters. The van der Waals surface area contributed by atoms with Crippen molar-refractivity contribution >= 4 is 17.8 Å².